The van der Waals surface area contributed by atoms with Gasteiger partial charge in [0.15, 0.2) is 0 Å². The zero-order chi connectivity index (χ0) is 18.7. The average molecular weight is 353 g/mol. The number of hydrogen-bond acceptors (Lipinski definition) is 5. The van der Waals surface area contributed by atoms with Gasteiger partial charge in [-0.2, -0.15) is 0 Å². The Morgan fingerprint density at radius 1 is 1.04 bits per heavy atom. The highest BCUT2D eigenvalue weighted by Gasteiger charge is 2.20. The van der Waals surface area contributed by atoms with E-state index >= 15 is 0 Å². The lowest BCUT2D eigenvalue weighted by molar-refractivity contribution is 0.0827. The van der Waals surface area contributed by atoms with E-state index < -0.39 is 0 Å². The van der Waals surface area contributed by atoms with Gasteiger partial charge in [0.05, 0.1) is 0 Å². The Hall–Kier alpha value is -2.47. The van der Waals surface area contributed by atoms with Crippen molar-refractivity contribution in [3.05, 3.63) is 42.2 Å². The molecule has 3 rings (SSSR count). The van der Waals surface area contributed by atoms with Crippen LogP contribution in [0, 0.1) is 0 Å². The largest absolute Gasteiger partial charge is 0.345 e. The van der Waals surface area contributed by atoms with E-state index in [1.807, 2.05) is 36.7 Å². The van der Waals surface area contributed by atoms with Crippen LogP contribution in [-0.2, 0) is 0 Å². The standard InChI is InChI=1S/C20H27N5O/c1-15(2)24-8-10-25(11-9-24)20-21-13-18(14-22-20)16-6-5-7-17(12-16)19(26)23(3)4/h5-7,12-15H,8-11H2,1-4H3. The maximum Gasteiger partial charge on any atom is 0.253 e. The number of carbonyl (C=O) groups excluding carboxylic acids is 1. The van der Waals surface area contributed by atoms with Crippen molar-refractivity contribution in [2.24, 2.45) is 0 Å². The predicted molar refractivity (Wildman–Crippen MR) is 104 cm³/mol. The number of nitrogens with zero attached hydrogens (tertiary/aromatic N) is 5. The van der Waals surface area contributed by atoms with E-state index in [-0.39, 0.29) is 5.91 Å². The highest BCUT2D eigenvalue weighted by atomic mass is 16.2. The molecule has 0 unspecified atom stereocenters. The molecule has 1 aliphatic heterocycles. The number of piperazine rings is 1. The molecular weight excluding hydrogens is 326 g/mol. The summed E-state index contributed by atoms with van der Waals surface area (Å²) in [6.45, 7) is 8.44. The van der Waals surface area contributed by atoms with E-state index in [1.165, 1.54) is 0 Å². The van der Waals surface area contributed by atoms with Crippen LogP contribution in [0.25, 0.3) is 11.1 Å². The van der Waals surface area contributed by atoms with Crippen molar-refractivity contribution >= 4 is 11.9 Å². The van der Waals surface area contributed by atoms with Gasteiger partial charge in [-0.3, -0.25) is 9.69 Å². The van der Waals surface area contributed by atoms with Crippen LogP contribution >= 0.6 is 0 Å². The summed E-state index contributed by atoms with van der Waals surface area (Å²) in [5, 5.41) is 0. The first kappa shape index (κ1) is 18.3. The Labute approximate surface area is 155 Å². The maximum atomic E-state index is 12.1. The molecule has 0 atom stereocenters. The second-order valence-electron chi connectivity index (χ2n) is 7.17. The molecule has 2 aromatic rings. The Balaban J connectivity index is 1.72. The molecule has 1 aromatic carbocycles. The van der Waals surface area contributed by atoms with Gasteiger partial charge < -0.3 is 9.80 Å². The Morgan fingerprint density at radius 2 is 1.69 bits per heavy atom. The molecule has 0 spiro atoms. The second-order valence-corrected chi connectivity index (χ2v) is 7.17. The fourth-order valence-electron chi connectivity index (χ4n) is 3.16. The van der Waals surface area contributed by atoms with Gasteiger partial charge in [0.25, 0.3) is 5.91 Å². The van der Waals surface area contributed by atoms with Gasteiger partial charge in [0.2, 0.25) is 5.95 Å². The minimum atomic E-state index is -0.00703. The number of carbonyl (C=O) groups is 1. The molecule has 1 aromatic heterocycles. The number of hydrogen-bond donors (Lipinski definition) is 0. The minimum absolute atomic E-state index is 0.00703. The number of rotatable bonds is 4. The van der Waals surface area contributed by atoms with Crippen molar-refractivity contribution in [2.45, 2.75) is 19.9 Å². The van der Waals surface area contributed by atoms with Gasteiger partial charge in [-0.1, -0.05) is 12.1 Å². The van der Waals surface area contributed by atoms with Gasteiger partial charge in [-0.25, -0.2) is 9.97 Å². The number of anilines is 1. The van der Waals surface area contributed by atoms with Crippen molar-refractivity contribution in [3.63, 3.8) is 0 Å². The Morgan fingerprint density at radius 3 is 2.27 bits per heavy atom. The zero-order valence-corrected chi connectivity index (χ0v) is 16.0. The van der Waals surface area contributed by atoms with E-state index in [9.17, 15) is 4.79 Å². The summed E-state index contributed by atoms with van der Waals surface area (Å²) in [5.41, 5.74) is 2.54. The molecule has 0 bridgehead atoms. The average Bonchev–Trinajstić information content (AvgIpc) is 2.67. The highest BCUT2D eigenvalue weighted by molar-refractivity contribution is 5.95. The van der Waals surface area contributed by atoms with E-state index in [0.717, 1.165) is 43.3 Å². The molecule has 6 heteroatoms. The van der Waals surface area contributed by atoms with E-state index in [1.54, 1.807) is 19.0 Å². The fourth-order valence-corrected chi connectivity index (χ4v) is 3.16. The topological polar surface area (TPSA) is 52.6 Å². The fraction of sp³-hybridized carbons (Fsp3) is 0.450. The smallest absolute Gasteiger partial charge is 0.253 e. The van der Waals surface area contributed by atoms with Crippen molar-refractivity contribution in [3.8, 4) is 11.1 Å². The first-order valence-electron chi connectivity index (χ1n) is 9.09. The highest BCUT2D eigenvalue weighted by Crippen LogP contribution is 2.21. The Bertz CT molecular complexity index is 749. The van der Waals surface area contributed by atoms with Gasteiger partial charge in [-0.05, 0) is 31.5 Å². The van der Waals surface area contributed by atoms with Crippen molar-refractivity contribution in [1.82, 2.24) is 19.8 Å². The summed E-state index contributed by atoms with van der Waals surface area (Å²) in [6.07, 6.45) is 3.69. The summed E-state index contributed by atoms with van der Waals surface area (Å²) < 4.78 is 0. The molecule has 1 fully saturated rings. The molecule has 1 saturated heterocycles. The summed E-state index contributed by atoms with van der Waals surface area (Å²) in [6, 6.07) is 8.17. The van der Waals surface area contributed by atoms with Gasteiger partial charge in [0, 0.05) is 69.8 Å². The van der Waals surface area contributed by atoms with E-state index in [4.69, 9.17) is 0 Å². The lowest BCUT2D eigenvalue weighted by Gasteiger charge is -2.36. The van der Waals surface area contributed by atoms with Gasteiger partial charge in [-0.15, -0.1) is 0 Å². The van der Waals surface area contributed by atoms with Crippen LogP contribution in [0.3, 0.4) is 0 Å². The van der Waals surface area contributed by atoms with Crippen LogP contribution < -0.4 is 4.90 Å². The molecule has 138 valence electrons. The molecule has 6 nitrogen and oxygen atoms in total. The summed E-state index contributed by atoms with van der Waals surface area (Å²) in [5.74, 6) is 0.769. The van der Waals surface area contributed by atoms with Crippen molar-refractivity contribution in [1.29, 1.82) is 0 Å². The molecule has 2 heterocycles. The molecule has 26 heavy (non-hydrogen) atoms. The van der Waals surface area contributed by atoms with E-state index in [0.29, 0.717) is 11.6 Å². The summed E-state index contributed by atoms with van der Waals surface area (Å²) in [7, 11) is 3.51. The molecule has 1 amide bonds. The quantitative estimate of drug-likeness (QED) is 0.845. The number of benzene rings is 1. The van der Waals surface area contributed by atoms with Gasteiger partial charge >= 0.3 is 0 Å². The third kappa shape index (κ3) is 4.02. The molecule has 0 radical (unpaired) electrons. The minimum Gasteiger partial charge on any atom is -0.345 e. The van der Waals surface area contributed by atoms with Crippen LogP contribution in [0.2, 0.25) is 0 Å². The number of aromatic nitrogens is 2. The predicted octanol–water partition coefficient (Wildman–Crippen LogP) is 2.38. The lowest BCUT2D eigenvalue weighted by atomic mass is 10.1. The zero-order valence-electron chi connectivity index (χ0n) is 16.0. The number of amides is 1. The lowest BCUT2D eigenvalue weighted by Crippen LogP contribution is -2.49. The van der Waals surface area contributed by atoms with Crippen molar-refractivity contribution < 1.29 is 4.79 Å². The van der Waals surface area contributed by atoms with Crippen LogP contribution in [0.15, 0.2) is 36.7 Å². The van der Waals surface area contributed by atoms with Crippen molar-refractivity contribution in [2.75, 3.05) is 45.2 Å². The monoisotopic (exact) mass is 353 g/mol. The summed E-state index contributed by atoms with van der Waals surface area (Å²) >= 11 is 0. The SMILES string of the molecule is CC(C)N1CCN(c2ncc(-c3cccc(C(=O)N(C)C)c3)cn2)CC1. The summed E-state index contributed by atoms with van der Waals surface area (Å²) in [4.78, 5) is 27.5. The second kappa shape index (κ2) is 7.83. The van der Waals surface area contributed by atoms with E-state index in [2.05, 4.69) is 33.6 Å². The van der Waals surface area contributed by atoms with Gasteiger partial charge in [0.1, 0.15) is 0 Å². The van der Waals surface area contributed by atoms with Crippen LogP contribution in [0.1, 0.15) is 24.2 Å². The van der Waals surface area contributed by atoms with Crippen LogP contribution in [-0.4, -0.2) is 72.0 Å². The molecular formula is C20H27N5O. The molecule has 1 aliphatic rings. The molecule has 0 N–H and O–H groups in total. The molecule has 0 aliphatic carbocycles. The normalized spacial score (nSPS) is 15.3. The first-order chi connectivity index (χ1) is 12.5. The Kier molecular flexibility index (Phi) is 5.52. The third-order valence-electron chi connectivity index (χ3n) is 4.81. The van der Waals surface area contributed by atoms with Crippen LogP contribution in [0.5, 0.6) is 0 Å². The molecule has 0 saturated carbocycles. The maximum absolute atomic E-state index is 12.1. The van der Waals surface area contributed by atoms with Crippen LogP contribution in [0.4, 0.5) is 5.95 Å². The first-order valence-corrected chi connectivity index (χ1v) is 9.09. The third-order valence-corrected chi connectivity index (χ3v) is 4.81.